The molecule has 0 unspecified atom stereocenters. The van der Waals surface area contributed by atoms with Crippen molar-refractivity contribution in [1.82, 2.24) is 5.32 Å². The summed E-state index contributed by atoms with van der Waals surface area (Å²) in [6.45, 7) is 5.34. The summed E-state index contributed by atoms with van der Waals surface area (Å²) >= 11 is 4.01. The van der Waals surface area contributed by atoms with E-state index in [9.17, 15) is 14.4 Å². The molecule has 0 bridgehead atoms. The lowest BCUT2D eigenvalue weighted by Gasteiger charge is -2.30. The number of Topliss-reactive ketones (excluding diaryl/α,β-unsaturated/α-hetero) is 2. The number of hydrogen-bond donors (Lipinski definition) is 3. The maximum Gasteiger partial charge on any atom is 0.326 e. The summed E-state index contributed by atoms with van der Waals surface area (Å²) in [5, 5.41) is 11.8. The molecule has 0 amide bonds. The molecule has 1 rings (SSSR count). The summed E-state index contributed by atoms with van der Waals surface area (Å²) in [4.78, 5) is 35.3. The first-order valence-corrected chi connectivity index (χ1v) is 7.18. The molecule has 1 atom stereocenters. The Labute approximate surface area is 124 Å². The lowest BCUT2D eigenvalue weighted by molar-refractivity contribution is -0.139. The van der Waals surface area contributed by atoms with Gasteiger partial charge >= 0.3 is 5.97 Å². The third-order valence-corrected chi connectivity index (χ3v) is 3.58. The number of aliphatic carboxylic acids is 1. The highest BCUT2D eigenvalue weighted by Crippen LogP contribution is 2.34. The van der Waals surface area contributed by atoms with Crippen LogP contribution in [0.4, 0.5) is 0 Å². The monoisotopic (exact) mass is 299 g/mol. The average Bonchev–Trinajstić information content (AvgIpc) is 2.25. The lowest BCUT2D eigenvalue weighted by Crippen LogP contribution is -2.39. The number of carboxylic acids is 1. The van der Waals surface area contributed by atoms with E-state index in [1.165, 1.54) is 0 Å². The Balaban J connectivity index is 2.97. The number of carbonyl (C=O) groups excluding carboxylic acids is 2. The van der Waals surface area contributed by atoms with Crippen LogP contribution in [0.15, 0.2) is 11.3 Å². The SMILES string of the molecule is CC(N[C@@H](CCS)C(=O)O)=C1C(=O)CC(C)(C)CC1=O. The third-order valence-electron chi connectivity index (χ3n) is 3.32. The summed E-state index contributed by atoms with van der Waals surface area (Å²) in [6.07, 6.45) is 0.922. The van der Waals surface area contributed by atoms with Crippen LogP contribution < -0.4 is 5.32 Å². The van der Waals surface area contributed by atoms with Crippen LogP contribution in [0.1, 0.15) is 40.0 Å². The zero-order valence-electron chi connectivity index (χ0n) is 12.0. The number of allylic oxidation sites excluding steroid dienone is 2. The van der Waals surface area contributed by atoms with E-state index in [0.717, 1.165) is 0 Å². The molecule has 1 aliphatic rings. The smallest absolute Gasteiger partial charge is 0.326 e. The van der Waals surface area contributed by atoms with Gasteiger partial charge in [0.25, 0.3) is 0 Å². The largest absolute Gasteiger partial charge is 0.480 e. The van der Waals surface area contributed by atoms with Crippen LogP contribution in [0.5, 0.6) is 0 Å². The fourth-order valence-electron chi connectivity index (χ4n) is 2.40. The molecule has 0 spiro atoms. The van der Waals surface area contributed by atoms with Crippen LogP contribution in [-0.4, -0.2) is 34.4 Å². The number of carbonyl (C=O) groups is 3. The van der Waals surface area contributed by atoms with Gasteiger partial charge in [0.05, 0.1) is 5.57 Å². The van der Waals surface area contributed by atoms with E-state index in [4.69, 9.17) is 5.11 Å². The molecule has 2 N–H and O–H groups in total. The molecule has 0 saturated heterocycles. The number of hydrogen-bond acceptors (Lipinski definition) is 5. The van der Waals surface area contributed by atoms with Gasteiger partial charge in [0.2, 0.25) is 0 Å². The number of carboxylic acid groups (broad SMARTS) is 1. The molecule has 0 radical (unpaired) electrons. The van der Waals surface area contributed by atoms with Crippen molar-refractivity contribution in [2.75, 3.05) is 5.75 Å². The van der Waals surface area contributed by atoms with Crippen molar-refractivity contribution in [2.45, 2.75) is 46.1 Å². The molecule has 0 aromatic heterocycles. The van der Waals surface area contributed by atoms with Crippen LogP contribution in [0, 0.1) is 5.41 Å². The Hall–Kier alpha value is -1.30. The zero-order valence-corrected chi connectivity index (χ0v) is 12.9. The second-order valence-corrected chi connectivity index (χ2v) is 6.36. The van der Waals surface area contributed by atoms with Crippen molar-refractivity contribution in [3.63, 3.8) is 0 Å². The number of nitrogens with one attached hydrogen (secondary N) is 1. The molecular formula is C14H21NO4S. The van der Waals surface area contributed by atoms with E-state index >= 15 is 0 Å². The van der Waals surface area contributed by atoms with Gasteiger partial charge in [0.15, 0.2) is 11.6 Å². The van der Waals surface area contributed by atoms with Gasteiger partial charge in [0, 0.05) is 18.5 Å². The molecule has 1 fully saturated rings. The van der Waals surface area contributed by atoms with Crippen LogP contribution >= 0.6 is 12.6 Å². The minimum Gasteiger partial charge on any atom is -0.480 e. The zero-order chi connectivity index (χ0) is 15.5. The highest BCUT2D eigenvalue weighted by atomic mass is 32.1. The second kappa shape index (κ2) is 6.43. The number of rotatable bonds is 5. The Morgan fingerprint density at radius 3 is 2.25 bits per heavy atom. The molecule has 0 heterocycles. The van der Waals surface area contributed by atoms with Crippen molar-refractivity contribution < 1.29 is 19.5 Å². The Morgan fingerprint density at radius 1 is 1.35 bits per heavy atom. The maximum absolute atomic E-state index is 12.1. The van der Waals surface area contributed by atoms with Crippen molar-refractivity contribution in [3.8, 4) is 0 Å². The van der Waals surface area contributed by atoms with Crippen molar-refractivity contribution in [3.05, 3.63) is 11.3 Å². The highest BCUT2D eigenvalue weighted by Gasteiger charge is 2.37. The lowest BCUT2D eigenvalue weighted by atomic mass is 9.73. The molecule has 112 valence electrons. The molecular weight excluding hydrogens is 278 g/mol. The number of ketones is 2. The topological polar surface area (TPSA) is 83.5 Å². The normalized spacial score (nSPS) is 19.7. The van der Waals surface area contributed by atoms with Crippen molar-refractivity contribution in [1.29, 1.82) is 0 Å². The number of thiol groups is 1. The van der Waals surface area contributed by atoms with Gasteiger partial charge in [-0.15, -0.1) is 0 Å². The van der Waals surface area contributed by atoms with E-state index in [2.05, 4.69) is 17.9 Å². The van der Waals surface area contributed by atoms with Gasteiger partial charge in [-0.25, -0.2) is 4.79 Å². The van der Waals surface area contributed by atoms with Gasteiger partial charge < -0.3 is 10.4 Å². The Morgan fingerprint density at radius 2 is 1.85 bits per heavy atom. The van der Waals surface area contributed by atoms with Crippen LogP contribution in [0.25, 0.3) is 0 Å². The van der Waals surface area contributed by atoms with E-state index in [1.54, 1.807) is 6.92 Å². The summed E-state index contributed by atoms with van der Waals surface area (Å²) in [5.41, 5.74) is 0.148. The first-order valence-electron chi connectivity index (χ1n) is 6.55. The van der Waals surface area contributed by atoms with Gasteiger partial charge in [0.1, 0.15) is 6.04 Å². The van der Waals surface area contributed by atoms with Gasteiger partial charge in [-0.1, -0.05) is 13.8 Å². The van der Waals surface area contributed by atoms with Gasteiger partial charge in [-0.05, 0) is 24.5 Å². The fraction of sp³-hybridized carbons (Fsp3) is 0.643. The molecule has 0 aromatic carbocycles. The summed E-state index contributed by atoms with van der Waals surface area (Å²) in [5.74, 6) is -1.05. The predicted octanol–water partition coefficient (Wildman–Crippen LogP) is 1.58. The van der Waals surface area contributed by atoms with E-state index in [1.807, 2.05) is 13.8 Å². The molecule has 1 aliphatic carbocycles. The van der Waals surface area contributed by atoms with E-state index in [0.29, 0.717) is 30.7 Å². The van der Waals surface area contributed by atoms with Gasteiger partial charge in [-0.2, -0.15) is 12.6 Å². The minimum absolute atomic E-state index is 0.120. The summed E-state index contributed by atoms with van der Waals surface area (Å²) < 4.78 is 0. The average molecular weight is 299 g/mol. The van der Waals surface area contributed by atoms with E-state index < -0.39 is 12.0 Å². The van der Waals surface area contributed by atoms with Crippen LogP contribution in [0.2, 0.25) is 0 Å². The fourth-order valence-corrected chi connectivity index (χ4v) is 2.66. The van der Waals surface area contributed by atoms with Crippen LogP contribution in [-0.2, 0) is 14.4 Å². The van der Waals surface area contributed by atoms with E-state index in [-0.39, 0.29) is 22.6 Å². The molecule has 6 heteroatoms. The summed E-state index contributed by atoms with van der Waals surface area (Å²) in [7, 11) is 0. The highest BCUT2D eigenvalue weighted by molar-refractivity contribution is 7.80. The standard InChI is InChI=1S/C14H21NO4S/c1-8(15-9(4-5-20)13(18)19)12-10(16)6-14(2,3)7-11(12)17/h9,15,20H,4-7H2,1-3H3,(H,18,19)/t9-/m0/s1. The van der Waals surface area contributed by atoms with Crippen LogP contribution in [0.3, 0.4) is 0 Å². The quantitative estimate of drug-likeness (QED) is 0.408. The molecule has 0 aromatic rings. The first kappa shape index (κ1) is 16.8. The first-order chi connectivity index (χ1) is 9.18. The van der Waals surface area contributed by atoms with Crippen molar-refractivity contribution >= 4 is 30.2 Å². The molecule has 5 nitrogen and oxygen atoms in total. The Kier molecular flexibility index (Phi) is 5.39. The predicted molar refractivity (Wildman–Crippen MR) is 78.8 cm³/mol. The minimum atomic E-state index is -1.02. The molecule has 20 heavy (non-hydrogen) atoms. The molecule has 1 saturated carbocycles. The van der Waals surface area contributed by atoms with Gasteiger partial charge in [-0.3, -0.25) is 9.59 Å². The van der Waals surface area contributed by atoms with Crippen molar-refractivity contribution in [2.24, 2.45) is 5.41 Å². The summed E-state index contributed by atoms with van der Waals surface area (Å²) in [6, 6.07) is -0.837. The second-order valence-electron chi connectivity index (χ2n) is 5.91. The maximum atomic E-state index is 12.1. The molecule has 0 aliphatic heterocycles. The Bertz CT molecular complexity index is 446. The third kappa shape index (κ3) is 4.10.